The molecule has 0 bridgehead atoms. The fourth-order valence-corrected chi connectivity index (χ4v) is 4.19. The highest BCUT2D eigenvalue weighted by Crippen LogP contribution is 2.24. The molecule has 0 radical (unpaired) electrons. The number of anilines is 1. The van der Waals surface area contributed by atoms with Crippen molar-refractivity contribution < 1.29 is 4.79 Å². The number of aromatic nitrogens is 3. The molecule has 1 heterocycles. The maximum Gasteiger partial charge on any atom is 0.230 e. The molecule has 8 heteroatoms. The standard InChI is InChI=1S/C25H24ClN5OS/c1-18-12-13-20(14-22(18)26)27-16-23-29-30-25(31(23)21-10-6-3-7-11-21)33-17-24(32)28-15-19-8-4-2-5-9-19/h2-14,27H,15-17H2,1H3,(H,28,32). The second-order valence-electron chi connectivity index (χ2n) is 7.44. The molecule has 0 saturated carbocycles. The number of nitrogens with zero attached hydrogens (tertiary/aromatic N) is 3. The topological polar surface area (TPSA) is 71.8 Å². The van der Waals surface area contributed by atoms with Crippen molar-refractivity contribution in [2.75, 3.05) is 11.1 Å². The van der Waals surface area contributed by atoms with Gasteiger partial charge in [-0.15, -0.1) is 10.2 Å². The van der Waals surface area contributed by atoms with Gasteiger partial charge in [-0.3, -0.25) is 9.36 Å². The quantitative estimate of drug-likeness (QED) is 0.322. The molecule has 0 atom stereocenters. The number of benzene rings is 3. The Labute approximate surface area is 202 Å². The van der Waals surface area contributed by atoms with Crippen LogP contribution >= 0.6 is 23.4 Å². The molecular weight excluding hydrogens is 454 g/mol. The zero-order chi connectivity index (χ0) is 23.0. The number of rotatable bonds is 9. The second kappa shape index (κ2) is 11.0. The third kappa shape index (κ3) is 6.15. The molecule has 4 rings (SSSR count). The molecular formula is C25H24ClN5OS. The molecule has 0 saturated heterocycles. The fraction of sp³-hybridized carbons (Fsp3) is 0.160. The van der Waals surface area contributed by atoms with Crippen molar-refractivity contribution in [1.82, 2.24) is 20.1 Å². The number of hydrogen-bond acceptors (Lipinski definition) is 5. The van der Waals surface area contributed by atoms with E-state index in [-0.39, 0.29) is 11.7 Å². The molecule has 1 amide bonds. The molecule has 0 aliphatic carbocycles. The van der Waals surface area contributed by atoms with Crippen LogP contribution in [0.25, 0.3) is 5.69 Å². The third-order valence-electron chi connectivity index (χ3n) is 5.00. The second-order valence-corrected chi connectivity index (χ2v) is 8.79. The van der Waals surface area contributed by atoms with E-state index in [1.54, 1.807) is 0 Å². The van der Waals surface area contributed by atoms with Crippen molar-refractivity contribution in [2.45, 2.75) is 25.2 Å². The number of halogens is 1. The van der Waals surface area contributed by atoms with Gasteiger partial charge in [0.1, 0.15) is 0 Å². The van der Waals surface area contributed by atoms with Gasteiger partial charge in [0.05, 0.1) is 12.3 Å². The van der Waals surface area contributed by atoms with Crippen LogP contribution in [0, 0.1) is 6.92 Å². The number of amides is 1. The number of aryl methyl sites for hydroxylation is 1. The summed E-state index contributed by atoms with van der Waals surface area (Å²) < 4.78 is 1.97. The van der Waals surface area contributed by atoms with Crippen molar-refractivity contribution in [2.24, 2.45) is 0 Å². The van der Waals surface area contributed by atoms with Crippen LogP contribution in [-0.4, -0.2) is 26.4 Å². The Morgan fingerprint density at radius 3 is 2.42 bits per heavy atom. The molecule has 4 aromatic rings. The Hall–Kier alpha value is -3.29. The number of hydrogen-bond donors (Lipinski definition) is 2. The molecule has 3 aromatic carbocycles. The molecule has 33 heavy (non-hydrogen) atoms. The van der Waals surface area contributed by atoms with Gasteiger partial charge in [0.15, 0.2) is 11.0 Å². The van der Waals surface area contributed by atoms with E-state index in [0.717, 1.165) is 28.3 Å². The summed E-state index contributed by atoms with van der Waals surface area (Å²) in [5.74, 6) is 0.934. The van der Waals surface area contributed by atoms with E-state index in [0.29, 0.717) is 23.3 Å². The molecule has 2 N–H and O–H groups in total. The highest BCUT2D eigenvalue weighted by Gasteiger charge is 2.16. The highest BCUT2D eigenvalue weighted by atomic mass is 35.5. The largest absolute Gasteiger partial charge is 0.378 e. The van der Waals surface area contributed by atoms with Gasteiger partial charge in [-0.2, -0.15) is 0 Å². The van der Waals surface area contributed by atoms with Gasteiger partial charge in [-0.05, 0) is 42.3 Å². The fourth-order valence-electron chi connectivity index (χ4n) is 3.21. The van der Waals surface area contributed by atoms with Crippen molar-refractivity contribution in [3.8, 4) is 5.69 Å². The monoisotopic (exact) mass is 477 g/mol. The maximum atomic E-state index is 12.4. The smallest absolute Gasteiger partial charge is 0.230 e. The zero-order valence-electron chi connectivity index (χ0n) is 18.2. The lowest BCUT2D eigenvalue weighted by Crippen LogP contribution is -2.24. The summed E-state index contributed by atoms with van der Waals surface area (Å²) in [6.45, 7) is 2.93. The van der Waals surface area contributed by atoms with E-state index in [9.17, 15) is 4.79 Å². The van der Waals surface area contributed by atoms with Gasteiger partial charge < -0.3 is 10.6 Å². The summed E-state index contributed by atoms with van der Waals surface area (Å²) in [6.07, 6.45) is 0. The zero-order valence-corrected chi connectivity index (χ0v) is 19.7. The molecule has 0 aliphatic heterocycles. The first-order valence-electron chi connectivity index (χ1n) is 10.5. The molecule has 0 aliphatic rings. The van der Waals surface area contributed by atoms with Crippen LogP contribution in [0.4, 0.5) is 5.69 Å². The molecule has 0 fully saturated rings. The predicted octanol–water partition coefficient (Wildman–Crippen LogP) is 5.25. The number of carbonyl (C=O) groups is 1. The lowest BCUT2D eigenvalue weighted by atomic mass is 10.2. The summed E-state index contributed by atoms with van der Waals surface area (Å²) in [5.41, 5.74) is 3.93. The van der Waals surface area contributed by atoms with E-state index >= 15 is 0 Å². The summed E-state index contributed by atoms with van der Waals surface area (Å²) in [5, 5.41) is 16.4. The minimum absolute atomic E-state index is 0.0552. The van der Waals surface area contributed by atoms with Crippen molar-refractivity contribution >= 4 is 35.0 Å². The van der Waals surface area contributed by atoms with Gasteiger partial charge in [-0.25, -0.2) is 0 Å². The van der Waals surface area contributed by atoms with Gasteiger partial charge in [0, 0.05) is 22.9 Å². The average molecular weight is 478 g/mol. The first-order chi connectivity index (χ1) is 16.1. The number of para-hydroxylation sites is 1. The maximum absolute atomic E-state index is 12.4. The molecule has 6 nitrogen and oxygen atoms in total. The third-order valence-corrected chi connectivity index (χ3v) is 6.34. The van der Waals surface area contributed by atoms with E-state index in [1.165, 1.54) is 11.8 Å². The Kier molecular flexibility index (Phi) is 7.65. The molecule has 168 valence electrons. The van der Waals surface area contributed by atoms with Gasteiger partial charge in [0.25, 0.3) is 0 Å². The minimum Gasteiger partial charge on any atom is -0.378 e. The molecule has 1 aromatic heterocycles. The average Bonchev–Trinajstić information content (AvgIpc) is 3.26. The Morgan fingerprint density at radius 2 is 1.70 bits per heavy atom. The lowest BCUT2D eigenvalue weighted by Gasteiger charge is -2.12. The van der Waals surface area contributed by atoms with Crippen LogP contribution in [0.5, 0.6) is 0 Å². The summed E-state index contributed by atoms with van der Waals surface area (Å²) in [7, 11) is 0. The van der Waals surface area contributed by atoms with Crippen LogP contribution in [0.1, 0.15) is 17.0 Å². The van der Waals surface area contributed by atoms with Gasteiger partial charge in [0.2, 0.25) is 5.91 Å². The SMILES string of the molecule is Cc1ccc(NCc2nnc(SCC(=O)NCc3ccccc3)n2-c2ccccc2)cc1Cl. The van der Waals surface area contributed by atoms with Crippen LogP contribution in [0.3, 0.4) is 0 Å². The van der Waals surface area contributed by atoms with E-state index in [1.807, 2.05) is 90.4 Å². The Bertz CT molecular complexity index is 1210. The predicted molar refractivity (Wildman–Crippen MR) is 134 cm³/mol. The van der Waals surface area contributed by atoms with Crippen LogP contribution in [-0.2, 0) is 17.9 Å². The number of nitrogens with one attached hydrogen (secondary N) is 2. The first-order valence-corrected chi connectivity index (χ1v) is 11.9. The van der Waals surface area contributed by atoms with Gasteiger partial charge in [-0.1, -0.05) is 78.0 Å². The van der Waals surface area contributed by atoms with Crippen molar-refractivity contribution in [1.29, 1.82) is 0 Å². The Balaban J connectivity index is 1.45. The van der Waals surface area contributed by atoms with Gasteiger partial charge >= 0.3 is 0 Å². The number of carbonyl (C=O) groups excluding carboxylic acids is 1. The highest BCUT2D eigenvalue weighted by molar-refractivity contribution is 7.99. The summed E-state index contributed by atoms with van der Waals surface area (Å²) in [6, 6.07) is 25.6. The Morgan fingerprint density at radius 1 is 0.970 bits per heavy atom. The van der Waals surface area contributed by atoms with Crippen molar-refractivity contribution in [3.05, 3.63) is 101 Å². The first kappa shape index (κ1) is 22.9. The van der Waals surface area contributed by atoms with Crippen LogP contribution in [0.15, 0.2) is 84.0 Å². The van der Waals surface area contributed by atoms with E-state index < -0.39 is 0 Å². The molecule has 0 unspecified atom stereocenters. The minimum atomic E-state index is -0.0552. The normalized spacial score (nSPS) is 10.7. The van der Waals surface area contributed by atoms with Crippen LogP contribution < -0.4 is 10.6 Å². The lowest BCUT2D eigenvalue weighted by molar-refractivity contribution is -0.118. The number of thioether (sulfide) groups is 1. The summed E-state index contributed by atoms with van der Waals surface area (Å²) in [4.78, 5) is 12.4. The van der Waals surface area contributed by atoms with E-state index in [2.05, 4.69) is 20.8 Å². The van der Waals surface area contributed by atoms with Crippen molar-refractivity contribution in [3.63, 3.8) is 0 Å². The van der Waals surface area contributed by atoms with E-state index in [4.69, 9.17) is 11.6 Å². The summed E-state index contributed by atoms with van der Waals surface area (Å²) >= 11 is 7.61. The van der Waals surface area contributed by atoms with Crippen LogP contribution in [0.2, 0.25) is 5.02 Å². The molecule has 0 spiro atoms.